The predicted molar refractivity (Wildman–Crippen MR) is 60.5 cm³/mol. The number of benzene rings is 1. The summed E-state index contributed by atoms with van der Waals surface area (Å²) >= 11 is 0. The Kier molecular flexibility index (Phi) is 5.11. The van der Waals surface area contributed by atoms with Crippen LogP contribution >= 0.6 is 0 Å². The summed E-state index contributed by atoms with van der Waals surface area (Å²) in [5, 5.41) is 4.18. The Morgan fingerprint density at radius 2 is 2.05 bits per heavy atom. The Morgan fingerprint density at radius 1 is 1.37 bits per heavy atom. The Labute approximate surface area is 106 Å². The largest absolute Gasteiger partial charge is 0.494 e. The predicted octanol–water partition coefficient (Wildman–Crippen LogP) is 1.92. The molecule has 1 rings (SSSR count). The third kappa shape index (κ3) is 5.56. The zero-order valence-electron chi connectivity index (χ0n) is 9.97. The maximum Gasteiger partial charge on any atom is 0.401 e. The lowest BCUT2D eigenvalue weighted by Gasteiger charge is -2.09. The average Bonchev–Trinajstić information content (AvgIpc) is 2.27. The summed E-state index contributed by atoms with van der Waals surface area (Å²) in [5.74, 6) is -1.37. The number of amides is 1. The van der Waals surface area contributed by atoms with Crippen LogP contribution in [0.25, 0.3) is 0 Å². The molecular formula is C11H12F4N2O2. The molecule has 4 nitrogen and oxygen atoms in total. The highest BCUT2D eigenvalue weighted by molar-refractivity contribution is 5.92. The van der Waals surface area contributed by atoms with Gasteiger partial charge in [-0.15, -0.1) is 0 Å². The van der Waals surface area contributed by atoms with Crippen molar-refractivity contribution >= 4 is 11.6 Å². The highest BCUT2D eigenvalue weighted by Crippen LogP contribution is 2.20. The van der Waals surface area contributed by atoms with E-state index >= 15 is 0 Å². The zero-order chi connectivity index (χ0) is 14.5. The van der Waals surface area contributed by atoms with Crippen molar-refractivity contribution in [2.75, 3.05) is 25.5 Å². The first kappa shape index (κ1) is 15.2. The van der Waals surface area contributed by atoms with Crippen molar-refractivity contribution in [3.63, 3.8) is 0 Å². The van der Waals surface area contributed by atoms with Crippen LogP contribution in [0.5, 0.6) is 5.75 Å². The summed E-state index contributed by atoms with van der Waals surface area (Å²) in [6, 6.07) is 3.69. The van der Waals surface area contributed by atoms with Gasteiger partial charge in [0.05, 0.1) is 20.2 Å². The van der Waals surface area contributed by atoms with Gasteiger partial charge in [0.1, 0.15) is 0 Å². The van der Waals surface area contributed by atoms with Gasteiger partial charge in [-0.25, -0.2) is 4.39 Å². The molecule has 0 spiro atoms. The minimum atomic E-state index is -4.38. The molecule has 0 heterocycles. The normalized spacial score (nSPS) is 11.2. The fraction of sp³-hybridized carbons (Fsp3) is 0.364. The van der Waals surface area contributed by atoms with E-state index in [1.165, 1.54) is 19.2 Å². The van der Waals surface area contributed by atoms with Gasteiger partial charge in [0.2, 0.25) is 5.91 Å². The molecule has 0 radical (unpaired) electrons. The molecule has 8 heteroatoms. The van der Waals surface area contributed by atoms with Crippen LogP contribution in [0.3, 0.4) is 0 Å². The van der Waals surface area contributed by atoms with Crippen molar-refractivity contribution in [1.82, 2.24) is 5.32 Å². The van der Waals surface area contributed by atoms with E-state index in [0.717, 1.165) is 6.07 Å². The lowest BCUT2D eigenvalue weighted by molar-refractivity contribution is -0.126. The van der Waals surface area contributed by atoms with Gasteiger partial charge >= 0.3 is 6.18 Å². The Morgan fingerprint density at radius 3 is 2.58 bits per heavy atom. The highest BCUT2D eigenvalue weighted by atomic mass is 19.4. The lowest BCUT2D eigenvalue weighted by Crippen LogP contribution is -2.35. The van der Waals surface area contributed by atoms with Gasteiger partial charge in [-0.05, 0) is 12.1 Å². The second-order valence-corrected chi connectivity index (χ2v) is 3.62. The minimum absolute atomic E-state index is 0.00759. The van der Waals surface area contributed by atoms with Gasteiger partial charge in [0.15, 0.2) is 11.6 Å². The second kappa shape index (κ2) is 6.37. The number of ether oxygens (including phenoxy) is 1. The molecule has 0 saturated heterocycles. The standard InChI is InChI=1S/C11H12F4N2O2/c1-19-9-3-2-7(4-8(9)12)17-10(18)5-16-6-11(13,14)15/h2-4,16H,5-6H2,1H3,(H,17,18). The van der Waals surface area contributed by atoms with Crippen LogP contribution in [0.2, 0.25) is 0 Å². The van der Waals surface area contributed by atoms with Gasteiger partial charge in [-0.3, -0.25) is 4.79 Å². The summed E-state index contributed by atoms with van der Waals surface area (Å²) in [6.07, 6.45) is -4.38. The molecule has 2 N–H and O–H groups in total. The van der Waals surface area contributed by atoms with Crippen molar-refractivity contribution in [3.05, 3.63) is 24.0 Å². The van der Waals surface area contributed by atoms with Gasteiger partial charge in [0, 0.05) is 11.8 Å². The molecule has 0 fully saturated rings. The molecule has 0 atom stereocenters. The van der Waals surface area contributed by atoms with Crippen LogP contribution < -0.4 is 15.4 Å². The number of alkyl halides is 3. The molecular weight excluding hydrogens is 268 g/mol. The molecule has 0 aliphatic rings. The molecule has 0 saturated carbocycles. The van der Waals surface area contributed by atoms with E-state index in [1.807, 2.05) is 5.32 Å². The molecule has 1 aromatic rings. The van der Waals surface area contributed by atoms with Crippen LogP contribution in [0.4, 0.5) is 23.2 Å². The minimum Gasteiger partial charge on any atom is -0.494 e. The van der Waals surface area contributed by atoms with Gasteiger partial charge in [0.25, 0.3) is 0 Å². The van der Waals surface area contributed by atoms with Crippen molar-refractivity contribution in [2.45, 2.75) is 6.18 Å². The number of nitrogens with one attached hydrogen (secondary N) is 2. The van der Waals surface area contributed by atoms with E-state index in [1.54, 1.807) is 0 Å². The van der Waals surface area contributed by atoms with E-state index in [-0.39, 0.29) is 11.4 Å². The molecule has 19 heavy (non-hydrogen) atoms. The van der Waals surface area contributed by atoms with Gasteiger partial charge < -0.3 is 15.4 Å². The van der Waals surface area contributed by atoms with Crippen LogP contribution in [0.15, 0.2) is 18.2 Å². The SMILES string of the molecule is COc1ccc(NC(=O)CNCC(F)(F)F)cc1F. The summed E-state index contributed by atoms with van der Waals surface area (Å²) in [7, 11) is 1.29. The van der Waals surface area contributed by atoms with Crippen LogP contribution in [0, 0.1) is 5.82 Å². The van der Waals surface area contributed by atoms with E-state index in [2.05, 4.69) is 10.1 Å². The molecule has 0 aromatic heterocycles. The number of halogens is 4. The van der Waals surface area contributed by atoms with E-state index in [0.29, 0.717) is 0 Å². The van der Waals surface area contributed by atoms with Gasteiger partial charge in [-0.2, -0.15) is 13.2 Å². The van der Waals surface area contributed by atoms with Crippen LogP contribution in [-0.4, -0.2) is 32.3 Å². The van der Waals surface area contributed by atoms with Gasteiger partial charge in [-0.1, -0.05) is 0 Å². The Hall–Kier alpha value is -1.83. The quantitative estimate of drug-likeness (QED) is 0.810. The summed E-state index contributed by atoms with van der Waals surface area (Å²) < 4.78 is 53.4. The molecule has 0 unspecified atom stereocenters. The second-order valence-electron chi connectivity index (χ2n) is 3.62. The smallest absolute Gasteiger partial charge is 0.401 e. The number of anilines is 1. The Bertz CT molecular complexity index is 449. The lowest BCUT2D eigenvalue weighted by atomic mass is 10.3. The molecule has 0 bridgehead atoms. The number of carbonyl (C=O) groups excluding carboxylic acids is 1. The number of carbonyl (C=O) groups is 1. The zero-order valence-corrected chi connectivity index (χ0v) is 9.97. The first-order valence-electron chi connectivity index (χ1n) is 5.22. The van der Waals surface area contributed by atoms with Crippen molar-refractivity contribution in [3.8, 4) is 5.75 Å². The summed E-state index contributed by atoms with van der Waals surface area (Å²) in [4.78, 5) is 11.3. The number of hydrogen-bond acceptors (Lipinski definition) is 3. The average molecular weight is 280 g/mol. The third-order valence-electron chi connectivity index (χ3n) is 2.05. The molecule has 1 amide bonds. The third-order valence-corrected chi connectivity index (χ3v) is 2.05. The van der Waals surface area contributed by atoms with E-state index < -0.39 is 31.0 Å². The van der Waals surface area contributed by atoms with Crippen molar-refractivity contribution in [2.24, 2.45) is 0 Å². The first-order valence-corrected chi connectivity index (χ1v) is 5.22. The van der Waals surface area contributed by atoms with E-state index in [9.17, 15) is 22.4 Å². The molecule has 1 aromatic carbocycles. The topological polar surface area (TPSA) is 50.4 Å². The van der Waals surface area contributed by atoms with Crippen molar-refractivity contribution < 1.29 is 27.1 Å². The molecule has 0 aliphatic heterocycles. The number of hydrogen-bond donors (Lipinski definition) is 2. The van der Waals surface area contributed by atoms with Crippen molar-refractivity contribution in [1.29, 1.82) is 0 Å². The fourth-order valence-electron chi connectivity index (χ4n) is 1.27. The van der Waals surface area contributed by atoms with Crippen LogP contribution in [-0.2, 0) is 4.79 Å². The molecule has 0 aliphatic carbocycles. The van der Waals surface area contributed by atoms with Crippen LogP contribution in [0.1, 0.15) is 0 Å². The maximum absolute atomic E-state index is 13.3. The first-order chi connectivity index (χ1) is 8.81. The monoisotopic (exact) mass is 280 g/mol. The summed E-state index contributed by atoms with van der Waals surface area (Å²) in [6.45, 7) is -1.79. The number of rotatable bonds is 5. The molecule has 106 valence electrons. The summed E-state index contributed by atoms with van der Waals surface area (Å²) in [5.41, 5.74) is 0.136. The highest BCUT2D eigenvalue weighted by Gasteiger charge is 2.26. The fourth-order valence-corrected chi connectivity index (χ4v) is 1.27. The maximum atomic E-state index is 13.3. The van der Waals surface area contributed by atoms with E-state index in [4.69, 9.17) is 0 Å². The number of methoxy groups -OCH3 is 1. The Balaban J connectivity index is 2.46.